The van der Waals surface area contributed by atoms with Crippen LogP contribution < -0.4 is 16.0 Å². The highest BCUT2D eigenvalue weighted by Gasteiger charge is 2.30. The molecule has 6 rings (SSSR count). The summed E-state index contributed by atoms with van der Waals surface area (Å²) in [6, 6.07) is 7.53. The number of fused-ring (bicyclic) bond motifs is 3. The van der Waals surface area contributed by atoms with Gasteiger partial charge in [0.2, 0.25) is 0 Å². The Labute approximate surface area is 211 Å². The Bertz CT molecular complexity index is 1380. The number of amides is 2. The van der Waals surface area contributed by atoms with Crippen molar-refractivity contribution in [2.75, 3.05) is 18.4 Å². The molecule has 35 heavy (non-hydrogen) atoms. The van der Waals surface area contributed by atoms with Crippen LogP contribution in [0.25, 0.3) is 27.5 Å². The maximum atomic E-state index is 12.6. The number of carbonyl (C=O) groups is 1. The first kappa shape index (κ1) is 22.1. The quantitative estimate of drug-likeness (QED) is 0.385. The number of hydrogen-bond donors (Lipinski definition) is 3. The van der Waals surface area contributed by atoms with Crippen LogP contribution in [0.4, 0.5) is 9.93 Å². The molecule has 9 nitrogen and oxygen atoms in total. The molecule has 0 bridgehead atoms. The van der Waals surface area contributed by atoms with Gasteiger partial charge < -0.3 is 10.6 Å². The number of aromatic nitrogens is 5. The zero-order valence-corrected chi connectivity index (χ0v) is 20.4. The summed E-state index contributed by atoms with van der Waals surface area (Å²) >= 11 is 8.04. The fourth-order valence-electron chi connectivity index (χ4n) is 4.67. The molecular weight excluding hydrogens is 484 g/mol. The number of para-hydroxylation sites is 1. The van der Waals surface area contributed by atoms with Gasteiger partial charge in [-0.3, -0.25) is 5.32 Å². The van der Waals surface area contributed by atoms with Gasteiger partial charge in [-0.2, -0.15) is 5.10 Å². The van der Waals surface area contributed by atoms with E-state index in [-0.39, 0.29) is 12.1 Å². The van der Waals surface area contributed by atoms with Crippen molar-refractivity contribution in [3.8, 4) is 27.5 Å². The van der Waals surface area contributed by atoms with Crippen LogP contribution in [0.15, 0.2) is 43.0 Å². The lowest BCUT2D eigenvalue weighted by molar-refractivity contribution is 0.245. The van der Waals surface area contributed by atoms with Crippen molar-refractivity contribution in [2.24, 2.45) is 0 Å². The van der Waals surface area contributed by atoms with Gasteiger partial charge in [0.05, 0.1) is 32.7 Å². The molecule has 0 saturated carbocycles. The van der Waals surface area contributed by atoms with Gasteiger partial charge in [-0.25, -0.2) is 24.4 Å². The van der Waals surface area contributed by atoms with Crippen molar-refractivity contribution in [1.82, 2.24) is 35.4 Å². The number of anilines is 1. The first-order valence-electron chi connectivity index (χ1n) is 11.6. The highest BCUT2D eigenvalue weighted by Crippen LogP contribution is 2.44. The smallest absolute Gasteiger partial charge is 0.321 e. The third kappa shape index (κ3) is 4.29. The minimum absolute atomic E-state index is 0.127. The summed E-state index contributed by atoms with van der Waals surface area (Å²) in [5.41, 5.74) is 5.45. The molecule has 3 N–H and O–H groups in total. The number of aryl methyl sites for hydroxylation is 1. The first-order chi connectivity index (χ1) is 17.2. The molecule has 1 fully saturated rings. The Kier molecular flexibility index (Phi) is 5.93. The van der Waals surface area contributed by atoms with Gasteiger partial charge in [0.1, 0.15) is 6.33 Å². The van der Waals surface area contributed by atoms with Crippen molar-refractivity contribution in [3.05, 3.63) is 59.3 Å². The molecule has 4 heterocycles. The lowest BCUT2D eigenvalue weighted by atomic mass is 9.96. The zero-order chi connectivity index (χ0) is 23.8. The van der Waals surface area contributed by atoms with Gasteiger partial charge >= 0.3 is 6.03 Å². The van der Waals surface area contributed by atoms with Crippen molar-refractivity contribution < 1.29 is 4.79 Å². The molecule has 0 spiro atoms. The minimum Gasteiger partial charge on any atom is -0.334 e. The molecule has 2 aliphatic rings. The highest BCUT2D eigenvalue weighted by molar-refractivity contribution is 7.19. The van der Waals surface area contributed by atoms with E-state index in [1.165, 1.54) is 17.7 Å². The summed E-state index contributed by atoms with van der Waals surface area (Å²) in [6.45, 7) is 1.78. The SMILES string of the molecule is O=C(Nc1nc2c(s1)-c1c(c(-c3cncnc3)nn1-c1ccccc1Cl)CC2)NC1CCCNC1. The Hall–Kier alpha value is -3.34. The fraction of sp³-hybridized carbons (Fsp3) is 0.292. The Morgan fingerprint density at radius 3 is 2.86 bits per heavy atom. The number of hydrogen-bond acceptors (Lipinski definition) is 7. The Balaban J connectivity index is 1.39. The van der Waals surface area contributed by atoms with E-state index in [1.807, 2.05) is 28.9 Å². The number of nitrogens with one attached hydrogen (secondary N) is 3. The molecule has 1 aliphatic heterocycles. The monoisotopic (exact) mass is 506 g/mol. The van der Waals surface area contributed by atoms with Gasteiger partial charge in [0.25, 0.3) is 0 Å². The van der Waals surface area contributed by atoms with Crippen molar-refractivity contribution in [1.29, 1.82) is 0 Å². The predicted octanol–water partition coefficient (Wildman–Crippen LogP) is 4.08. The van der Waals surface area contributed by atoms with E-state index < -0.39 is 0 Å². The number of nitrogens with zero attached hydrogens (tertiary/aromatic N) is 5. The third-order valence-electron chi connectivity index (χ3n) is 6.27. The molecule has 2 amide bonds. The Morgan fingerprint density at radius 1 is 1.20 bits per heavy atom. The van der Waals surface area contributed by atoms with E-state index in [1.54, 1.807) is 12.4 Å². The molecule has 1 unspecified atom stereocenters. The average Bonchev–Trinajstić information content (AvgIpc) is 3.46. The summed E-state index contributed by atoms with van der Waals surface area (Å²) in [7, 11) is 0. The van der Waals surface area contributed by atoms with E-state index in [4.69, 9.17) is 21.7 Å². The summed E-state index contributed by atoms with van der Waals surface area (Å²) < 4.78 is 1.88. The second kappa shape index (κ2) is 9.37. The molecule has 178 valence electrons. The van der Waals surface area contributed by atoms with Crippen molar-refractivity contribution >= 4 is 34.1 Å². The van der Waals surface area contributed by atoms with Crippen LogP contribution in [0, 0.1) is 0 Å². The van der Waals surface area contributed by atoms with Crippen LogP contribution in [-0.2, 0) is 12.8 Å². The molecular formula is C24H23ClN8OS. The van der Waals surface area contributed by atoms with Crippen LogP contribution in [0.1, 0.15) is 24.1 Å². The summed E-state index contributed by atoms with van der Waals surface area (Å²) in [6.07, 6.45) is 8.60. The number of rotatable bonds is 4. The maximum absolute atomic E-state index is 12.6. The summed E-state index contributed by atoms with van der Waals surface area (Å²) in [5, 5.41) is 15.4. The van der Waals surface area contributed by atoms with Crippen LogP contribution in [0.5, 0.6) is 0 Å². The van der Waals surface area contributed by atoms with E-state index in [9.17, 15) is 4.79 Å². The van der Waals surface area contributed by atoms with E-state index in [0.29, 0.717) is 10.2 Å². The second-order valence-corrected chi connectivity index (χ2v) is 10.0. The van der Waals surface area contributed by atoms with Crippen LogP contribution >= 0.6 is 22.9 Å². The third-order valence-corrected chi connectivity index (χ3v) is 7.61. The van der Waals surface area contributed by atoms with Crippen molar-refractivity contribution in [3.63, 3.8) is 0 Å². The molecule has 11 heteroatoms. The molecule has 1 saturated heterocycles. The molecule has 3 aromatic heterocycles. The number of piperidine rings is 1. The van der Waals surface area contributed by atoms with E-state index in [0.717, 1.165) is 77.5 Å². The number of benzene rings is 1. The number of thiazole rings is 1. The van der Waals surface area contributed by atoms with E-state index >= 15 is 0 Å². The van der Waals surface area contributed by atoms with Gasteiger partial charge in [0.15, 0.2) is 5.13 Å². The summed E-state index contributed by atoms with van der Waals surface area (Å²) in [5.74, 6) is 0. The van der Waals surface area contributed by atoms with Crippen LogP contribution in [-0.4, -0.2) is 49.9 Å². The topological polar surface area (TPSA) is 110 Å². The lowest BCUT2D eigenvalue weighted by Crippen LogP contribution is -2.47. The number of halogens is 1. The second-order valence-electron chi connectivity index (χ2n) is 8.60. The fourth-order valence-corrected chi connectivity index (χ4v) is 5.95. The zero-order valence-electron chi connectivity index (χ0n) is 18.8. The van der Waals surface area contributed by atoms with Crippen LogP contribution in [0.2, 0.25) is 5.02 Å². The normalized spacial score (nSPS) is 16.9. The highest BCUT2D eigenvalue weighted by atomic mass is 35.5. The van der Waals surface area contributed by atoms with Gasteiger partial charge in [0, 0.05) is 36.1 Å². The molecule has 0 radical (unpaired) electrons. The van der Waals surface area contributed by atoms with Crippen LogP contribution in [0.3, 0.4) is 0 Å². The standard InChI is InChI=1S/C24H23ClN8OS/c25-17-5-1-2-6-19(17)33-21-16(20(32-33)14-10-27-13-28-11-14)7-8-18-22(21)35-24(30-18)31-23(34)29-15-4-3-9-26-12-15/h1-2,5-6,10-11,13,15,26H,3-4,7-9,12H2,(H2,29,30,31,34). The van der Waals surface area contributed by atoms with Gasteiger partial charge in [-0.1, -0.05) is 35.1 Å². The van der Waals surface area contributed by atoms with E-state index in [2.05, 4.69) is 25.9 Å². The lowest BCUT2D eigenvalue weighted by Gasteiger charge is -2.23. The van der Waals surface area contributed by atoms with Crippen molar-refractivity contribution in [2.45, 2.75) is 31.7 Å². The molecule has 1 aliphatic carbocycles. The largest absolute Gasteiger partial charge is 0.334 e. The average molecular weight is 507 g/mol. The molecule has 1 aromatic carbocycles. The number of carbonyl (C=O) groups excluding carboxylic acids is 1. The maximum Gasteiger partial charge on any atom is 0.321 e. The molecule has 1 atom stereocenters. The van der Waals surface area contributed by atoms with Gasteiger partial charge in [-0.05, 0) is 44.4 Å². The number of urea groups is 1. The minimum atomic E-state index is -0.230. The summed E-state index contributed by atoms with van der Waals surface area (Å²) in [4.78, 5) is 26.7. The predicted molar refractivity (Wildman–Crippen MR) is 136 cm³/mol. The first-order valence-corrected chi connectivity index (χ1v) is 12.8. The van der Waals surface area contributed by atoms with Gasteiger partial charge in [-0.15, -0.1) is 0 Å². The Morgan fingerprint density at radius 2 is 2.06 bits per heavy atom. The molecule has 4 aromatic rings.